The summed E-state index contributed by atoms with van der Waals surface area (Å²) in [6, 6.07) is 6.74. The minimum atomic E-state index is 0.452. The molecule has 0 unspecified atom stereocenters. The molecule has 0 bridgehead atoms. The second-order valence-corrected chi connectivity index (χ2v) is 5.24. The number of rotatable bonds is 8. The van der Waals surface area contributed by atoms with Crippen molar-refractivity contribution in [1.82, 2.24) is 5.32 Å². The highest BCUT2D eigenvalue weighted by molar-refractivity contribution is 6.33. The third-order valence-corrected chi connectivity index (χ3v) is 3.40. The summed E-state index contributed by atoms with van der Waals surface area (Å²) in [6.07, 6.45) is 0. The summed E-state index contributed by atoms with van der Waals surface area (Å²) in [4.78, 5) is 2.30. The van der Waals surface area contributed by atoms with Crippen LogP contribution in [0.1, 0.15) is 26.3 Å². The van der Waals surface area contributed by atoms with E-state index in [1.54, 1.807) is 7.11 Å². The Morgan fingerprint density at radius 2 is 2.11 bits per heavy atom. The van der Waals surface area contributed by atoms with Crippen molar-refractivity contribution < 1.29 is 4.74 Å². The van der Waals surface area contributed by atoms with E-state index in [0.29, 0.717) is 6.04 Å². The van der Waals surface area contributed by atoms with Crippen LogP contribution < -0.4 is 10.2 Å². The van der Waals surface area contributed by atoms with Gasteiger partial charge in [-0.25, -0.2) is 0 Å². The second-order valence-electron chi connectivity index (χ2n) is 4.84. The van der Waals surface area contributed by atoms with Crippen molar-refractivity contribution in [3.05, 3.63) is 28.8 Å². The van der Waals surface area contributed by atoms with E-state index in [1.807, 2.05) is 6.07 Å². The number of ether oxygens (including phenoxy) is 1. The monoisotopic (exact) mass is 284 g/mol. The molecule has 1 aromatic carbocycles. The van der Waals surface area contributed by atoms with Crippen molar-refractivity contribution in [3.63, 3.8) is 0 Å². The molecule has 3 nitrogen and oxygen atoms in total. The van der Waals surface area contributed by atoms with Gasteiger partial charge in [0.2, 0.25) is 0 Å². The fourth-order valence-corrected chi connectivity index (χ4v) is 2.43. The summed E-state index contributed by atoms with van der Waals surface area (Å²) in [5.74, 6) is 0. The first kappa shape index (κ1) is 16.3. The van der Waals surface area contributed by atoms with Gasteiger partial charge in [-0.15, -0.1) is 0 Å². The molecule has 19 heavy (non-hydrogen) atoms. The van der Waals surface area contributed by atoms with Crippen molar-refractivity contribution in [2.75, 3.05) is 31.7 Å². The molecule has 0 spiro atoms. The quantitative estimate of drug-likeness (QED) is 0.741. The molecule has 1 N–H and O–H groups in total. The predicted octanol–water partition coefficient (Wildman–Crippen LogP) is 3.31. The molecule has 0 aliphatic heterocycles. The molecule has 0 heterocycles. The molecule has 0 aliphatic carbocycles. The van der Waals surface area contributed by atoms with Crippen LogP contribution >= 0.6 is 11.6 Å². The maximum atomic E-state index is 6.39. The lowest BCUT2D eigenvalue weighted by Gasteiger charge is -2.28. The van der Waals surface area contributed by atoms with Crippen LogP contribution in [0, 0.1) is 0 Å². The fraction of sp³-hybridized carbons (Fsp3) is 0.600. The number of halogens is 1. The Morgan fingerprint density at radius 3 is 2.63 bits per heavy atom. The Labute approximate surface area is 121 Å². The highest BCUT2D eigenvalue weighted by atomic mass is 35.5. The van der Waals surface area contributed by atoms with E-state index >= 15 is 0 Å². The highest BCUT2D eigenvalue weighted by Gasteiger charge is 2.12. The molecule has 0 aliphatic rings. The molecule has 108 valence electrons. The van der Waals surface area contributed by atoms with Crippen LogP contribution in [0.4, 0.5) is 5.69 Å². The van der Waals surface area contributed by atoms with Gasteiger partial charge in [0.1, 0.15) is 0 Å². The number of nitrogens with zero attached hydrogens (tertiary/aromatic N) is 1. The average molecular weight is 285 g/mol. The lowest BCUT2D eigenvalue weighted by Crippen LogP contribution is -2.30. The van der Waals surface area contributed by atoms with Crippen LogP contribution in [0.2, 0.25) is 5.02 Å². The molecule has 0 saturated heterocycles. The maximum absolute atomic E-state index is 6.39. The van der Waals surface area contributed by atoms with Crippen molar-refractivity contribution in [2.45, 2.75) is 33.4 Å². The van der Waals surface area contributed by atoms with Gasteiger partial charge in [-0.1, -0.05) is 17.7 Å². The number of hydrogen-bond donors (Lipinski definition) is 1. The normalized spacial score (nSPS) is 11.1. The van der Waals surface area contributed by atoms with Gasteiger partial charge in [0.15, 0.2) is 0 Å². The van der Waals surface area contributed by atoms with Crippen LogP contribution in [0.15, 0.2) is 18.2 Å². The average Bonchev–Trinajstić information content (AvgIpc) is 2.37. The molecule has 0 saturated carbocycles. The van der Waals surface area contributed by atoms with E-state index < -0.39 is 0 Å². The van der Waals surface area contributed by atoms with Gasteiger partial charge in [0.25, 0.3) is 0 Å². The van der Waals surface area contributed by atoms with Gasteiger partial charge in [-0.2, -0.15) is 0 Å². The maximum Gasteiger partial charge on any atom is 0.0642 e. The van der Waals surface area contributed by atoms with Crippen LogP contribution in [0.3, 0.4) is 0 Å². The third kappa shape index (κ3) is 5.01. The molecule has 0 fully saturated rings. The van der Waals surface area contributed by atoms with Crippen molar-refractivity contribution in [2.24, 2.45) is 0 Å². The lowest BCUT2D eigenvalue weighted by molar-refractivity contribution is 0.199. The summed E-state index contributed by atoms with van der Waals surface area (Å²) in [6.45, 7) is 9.86. The number of hydrogen-bond acceptors (Lipinski definition) is 3. The topological polar surface area (TPSA) is 24.5 Å². The summed E-state index contributed by atoms with van der Waals surface area (Å²) >= 11 is 6.39. The molecular weight excluding hydrogens is 260 g/mol. The minimum Gasteiger partial charge on any atom is -0.383 e. The summed E-state index contributed by atoms with van der Waals surface area (Å²) < 4.78 is 5.00. The van der Waals surface area contributed by atoms with Gasteiger partial charge in [-0.3, -0.25) is 0 Å². The van der Waals surface area contributed by atoms with Crippen LogP contribution in [0.5, 0.6) is 0 Å². The number of anilines is 1. The molecule has 4 heteroatoms. The molecular formula is C15H25ClN2O. The van der Waals surface area contributed by atoms with E-state index in [2.05, 4.69) is 43.1 Å². The Bertz CT molecular complexity index is 382. The van der Waals surface area contributed by atoms with Crippen molar-refractivity contribution >= 4 is 17.3 Å². The van der Waals surface area contributed by atoms with E-state index in [4.69, 9.17) is 16.3 Å². The number of methoxy groups -OCH3 is 1. The van der Waals surface area contributed by atoms with E-state index in [9.17, 15) is 0 Å². The molecule has 0 amide bonds. The largest absolute Gasteiger partial charge is 0.383 e. The molecule has 1 rings (SSSR count). The minimum absolute atomic E-state index is 0.452. The van der Waals surface area contributed by atoms with E-state index in [0.717, 1.165) is 37.0 Å². The van der Waals surface area contributed by atoms with E-state index in [1.165, 1.54) is 5.56 Å². The van der Waals surface area contributed by atoms with Crippen molar-refractivity contribution in [1.29, 1.82) is 0 Å². The first-order valence-corrected chi connectivity index (χ1v) is 7.22. The zero-order chi connectivity index (χ0) is 14.3. The highest BCUT2D eigenvalue weighted by Crippen LogP contribution is 2.28. The number of benzene rings is 1. The standard InChI is InChI=1S/C15H25ClN2O/c1-5-18(12(2)3)15-7-6-13(10-14(15)16)11-17-8-9-19-4/h6-7,10,12,17H,5,8-9,11H2,1-4H3. The first-order valence-electron chi connectivity index (χ1n) is 6.84. The second kappa shape index (κ2) is 8.41. The first-order chi connectivity index (χ1) is 9.10. The summed E-state index contributed by atoms with van der Waals surface area (Å²) in [7, 11) is 1.71. The van der Waals surface area contributed by atoms with Gasteiger partial charge < -0.3 is 15.0 Å². The van der Waals surface area contributed by atoms with Crippen molar-refractivity contribution in [3.8, 4) is 0 Å². The zero-order valence-electron chi connectivity index (χ0n) is 12.4. The Morgan fingerprint density at radius 1 is 1.37 bits per heavy atom. The molecule has 0 atom stereocenters. The molecule has 1 aromatic rings. The SMILES string of the molecule is CCN(c1ccc(CNCCOC)cc1Cl)C(C)C. The Kier molecular flexibility index (Phi) is 7.21. The van der Waals surface area contributed by atoms with Gasteiger partial charge in [-0.05, 0) is 38.5 Å². The van der Waals surface area contributed by atoms with Gasteiger partial charge in [0, 0.05) is 32.8 Å². The Hall–Kier alpha value is -0.770. The predicted molar refractivity (Wildman–Crippen MR) is 83.2 cm³/mol. The zero-order valence-corrected chi connectivity index (χ0v) is 13.1. The summed E-state index contributed by atoms with van der Waals surface area (Å²) in [5, 5.41) is 4.14. The van der Waals surface area contributed by atoms with E-state index in [-0.39, 0.29) is 0 Å². The van der Waals surface area contributed by atoms with Crippen LogP contribution in [-0.2, 0) is 11.3 Å². The third-order valence-electron chi connectivity index (χ3n) is 3.10. The molecule has 0 aromatic heterocycles. The van der Waals surface area contributed by atoms with Gasteiger partial charge >= 0.3 is 0 Å². The Balaban J connectivity index is 2.68. The van der Waals surface area contributed by atoms with Gasteiger partial charge in [0.05, 0.1) is 17.3 Å². The fourth-order valence-electron chi connectivity index (χ4n) is 2.11. The van der Waals surface area contributed by atoms with Crippen LogP contribution in [0.25, 0.3) is 0 Å². The lowest BCUT2D eigenvalue weighted by atomic mass is 10.1. The smallest absolute Gasteiger partial charge is 0.0642 e. The molecule has 0 radical (unpaired) electrons. The summed E-state index contributed by atoms with van der Waals surface area (Å²) in [5.41, 5.74) is 2.31. The number of nitrogens with one attached hydrogen (secondary N) is 1. The van der Waals surface area contributed by atoms with Crippen LogP contribution in [-0.4, -0.2) is 32.8 Å².